The number of amides is 2. The summed E-state index contributed by atoms with van der Waals surface area (Å²) in [5.41, 5.74) is -0.305. The molecule has 28 heavy (non-hydrogen) atoms. The molecule has 1 fully saturated rings. The molecule has 150 valence electrons. The third-order valence-electron chi connectivity index (χ3n) is 4.80. The summed E-state index contributed by atoms with van der Waals surface area (Å²) in [6, 6.07) is 6.80. The van der Waals surface area contributed by atoms with Crippen molar-refractivity contribution in [1.29, 1.82) is 0 Å². The normalized spacial score (nSPS) is 21.9. The van der Waals surface area contributed by atoms with Gasteiger partial charge in [-0.05, 0) is 52.0 Å². The Bertz CT molecular complexity index is 898. The van der Waals surface area contributed by atoms with Crippen LogP contribution in [0.15, 0.2) is 30.5 Å². The summed E-state index contributed by atoms with van der Waals surface area (Å²) in [7, 11) is 0. The number of hydrogen-bond donors (Lipinski definition) is 1. The van der Waals surface area contributed by atoms with Crippen LogP contribution in [0.4, 0.5) is 4.39 Å². The molecule has 1 aromatic carbocycles. The minimum absolute atomic E-state index is 0.00709. The van der Waals surface area contributed by atoms with Gasteiger partial charge in [0.15, 0.2) is 0 Å². The van der Waals surface area contributed by atoms with E-state index in [0.717, 1.165) is 0 Å². The predicted molar refractivity (Wildman–Crippen MR) is 105 cm³/mol. The van der Waals surface area contributed by atoms with Crippen molar-refractivity contribution in [3.05, 3.63) is 36.0 Å². The van der Waals surface area contributed by atoms with E-state index in [0.29, 0.717) is 28.6 Å². The molecule has 1 aliphatic rings. The topological polar surface area (TPSA) is 71.5 Å². The Morgan fingerprint density at radius 3 is 2.79 bits per heavy atom. The molecule has 2 heterocycles. The first-order chi connectivity index (χ1) is 13.2. The van der Waals surface area contributed by atoms with Gasteiger partial charge in [-0.3, -0.25) is 14.6 Å². The number of carbonyl (C=O) groups is 2. The maximum absolute atomic E-state index is 14.1. The summed E-state index contributed by atoms with van der Waals surface area (Å²) in [5, 5.41) is 3.30. The molecule has 2 aromatic rings. The summed E-state index contributed by atoms with van der Waals surface area (Å²) >= 11 is 0. The lowest BCUT2D eigenvalue weighted by Gasteiger charge is -2.21. The number of fused-ring (bicyclic) bond motifs is 1. The molecule has 2 amide bonds. The standard InChI is InChI=1S/C21H26FN3O3/c1-13(2)28-15-5-6-18-17(9-15)16(7-8-23-18)20(27)24-11-19(26)25-12-21(4,22)10-14(25)3/h5-9,13-14H,10-12H2,1-4H3,(H,24,27)/t14-,21?/m0/s1. The fourth-order valence-electron chi connectivity index (χ4n) is 3.66. The Morgan fingerprint density at radius 1 is 1.39 bits per heavy atom. The summed E-state index contributed by atoms with van der Waals surface area (Å²) in [4.78, 5) is 30.9. The van der Waals surface area contributed by atoms with Gasteiger partial charge in [-0.2, -0.15) is 0 Å². The van der Waals surface area contributed by atoms with Gasteiger partial charge in [0.25, 0.3) is 5.91 Å². The Hall–Kier alpha value is -2.70. The van der Waals surface area contributed by atoms with E-state index in [4.69, 9.17) is 4.74 Å². The second-order valence-corrected chi connectivity index (χ2v) is 7.87. The molecular formula is C21H26FN3O3. The number of halogens is 1. The Morgan fingerprint density at radius 2 is 2.14 bits per heavy atom. The fraction of sp³-hybridized carbons (Fsp3) is 0.476. The number of pyridine rings is 1. The van der Waals surface area contributed by atoms with E-state index in [1.165, 1.54) is 11.8 Å². The van der Waals surface area contributed by atoms with E-state index >= 15 is 0 Å². The van der Waals surface area contributed by atoms with Crippen LogP contribution >= 0.6 is 0 Å². The smallest absolute Gasteiger partial charge is 0.252 e. The zero-order valence-electron chi connectivity index (χ0n) is 16.7. The SMILES string of the molecule is CC(C)Oc1ccc2nccc(C(=O)NCC(=O)N3CC(C)(F)C[C@@H]3C)c2c1. The zero-order chi connectivity index (χ0) is 20.5. The fourth-order valence-corrected chi connectivity index (χ4v) is 3.66. The van der Waals surface area contributed by atoms with Crippen molar-refractivity contribution in [2.24, 2.45) is 0 Å². The molecule has 1 saturated heterocycles. The van der Waals surface area contributed by atoms with Crippen LogP contribution in [-0.2, 0) is 4.79 Å². The second-order valence-electron chi connectivity index (χ2n) is 7.87. The lowest BCUT2D eigenvalue weighted by atomic mass is 10.1. The van der Waals surface area contributed by atoms with Crippen LogP contribution in [0.5, 0.6) is 5.75 Å². The second kappa shape index (κ2) is 7.73. The van der Waals surface area contributed by atoms with Gasteiger partial charge < -0.3 is 15.0 Å². The highest BCUT2D eigenvalue weighted by atomic mass is 19.1. The molecule has 0 radical (unpaired) electrons. The quantitative estimate of drug-likeness (QED) is 0.856. The van der Waals surface area contributed by atoms with Gasteiger partial charge in [-0.25, -0.2) is 4.39 Å². The number of alkyl halides is 1. The van der Waals surface area contributed by atoms with Crippen molar-refractivity contribution < 1.29 is 18.7 Å². The number of carbonyl (C=O) groups excluding carboxylic acids is 2. The van der Waals surface area contributed by atoms with Crippen molar-refractivity contribution in [3.8, 4) is 5.75 Å². The van der Waals surface area contributed by atoms with Gasteiger partial charge in [0, 0.05) is 24.0 Å². The zero-order valence-corrected chi connectivity index (χ0v) is 16.7. The summed E-state index contributed by atoms with van der Waals surface area (Å²) < 4.78 is 19.8. The van der Waals surface area contributed by atoms with Crippen molar-refractivity contribution in [2.75, 3.05) is 13.1 Å². The highest BCUT2D eigenvalue weighted by Crippen LogP contribution is 2.30. The van der Waals surface area contributed by atoms with E-state index < -0.39 is 5.67 Å². The highest BCUT2D eigenvalue weighted by Gasteiger charge is 2.40. The molecule has 6 nitrogen and oxygen atoms in total. The van der Waals surface area contributed by atoms with Gasteiger partial charge in [0.2, 0.25) is 5.91 Å². The molecule has 7 heteroatoms. The van der Waals surface area contributed by atoms with Crippen LogP contribution in [0.2, 0.25) is 0 Å². The number of nitrogens with zero attached hydrogens (tertiary/aromatic N) is 2. The highest BCUT2D eigenvalue weighted by molar-refractivity contribution is 6.07. The van der Waals surface area contributed by atoms with E-state index in [2.05, 4.69) is 10.3 Å². The van der Waals surface area contributed by atoms with Crippen LogP contribution in [-0.4, -0.2) is 52.6 Å². The summed E-state index contributed by atoms with van der Waals surface area (Å²) in [5.74, 6) is -0.0181. The maximum atomic E-state index is 14.1. The number of likely N-dealkylation sites (tertiary alicyclic amines) is 1. The molecule has 1 unspecified atom stereocenters. The molecule has 0 saturated carbocycles. The summed E-state index contributed by atoms with van der Waals surface area (Å²) in [6.07, 6.45) is 1.87. The Labute approximate surface area is 164 Å². The van der Waals surface area contributed by atoms with Gasteiger partial charge in [-0.15, -0.1) is 0 Å². The van der Waals surface area contributed by atoms with Crippen molar-refractivity contribution >= 4 is 22.7 Å². The molecule has 3 rings (SSSR count). The molecule has 1 aromatic heterocycles. The van der Waals surface area contributed by atoms with Crippen molar-refractivity contribution in [1.82, 2.24) is 15.2 Å². The molecule has 1 aliphatic heterocycles. The van der Waals surface area contributed by atoms with Crippen LogP contribution in [0, 0.1) is 0 Å². The van der Waals surface area contributed by atoms with E-state index in [1.54, 1.807) is 24.4 Å². The van der Waals surface area contributed by atoms with Crippen LogP contribution in [0.1, 0.15) is 44.5 Å². The maximum Gasteiger partial charge on any atom is 0.252 e. The predicted octanol–water partition coefficient (Wildman–Crippen LogP) is 3.10. The van der Waals surface area contributed by atoms with Gasteiger partial charge in [-0.1, -0.05) is 0 Å². The minimum Gasteiger partial charge on any atom is -0.491 e. The summed E-state index contributed by atoms with van der Waals surface area (Å²) in [6.45, 7) is 7.04. The van der Waals surface area contributed by atoms with Crippen LogP contribution in [0.3, 0.4) is 0 Å². The van der Waals surface area contributed by atoms with Gasteiger partial charge in [0.05, 0.1) is 30.3 Å². The number of nitrogens with one attached hydrogen (secondary N) is 1. The van der Waals surface area contributed by atoms with Crippen LogP contribution in [0.25, 0.3) is 10.9 Å². The van der Waals surface area contributed by atoms with E-state index in [1.807, 2.05) is 26.8 Å². The first kappa shape index (κ1) is 20.0. The molecule has 2 atom stereocenters. The molecule has 1 N–H and O–H groups in total. The lowest BCUT2D eigenvalue weighted by Crippen LogP contribution is -2.42. The van der Waals surface area contributed by atoms with E-state index in [-0.39, 0.29) is 37.0 Å². The number of benzene rings is 1. The molecule has 0 spiro atoms. The van der Waals surface area contributed by atoms with Gasteiger partial charge in [0.1, 0.15) is 11.4 Å². The van der Waals surface area contributed by atoms with Crippen molar-refractivity contribution in [2.45, 2.75) is 51.9 Å². The number of hydrogen-bond acceptors (Lipinski definition) is 4. The first-order valence-electron chi connectivity index (χ1n) is 9.48. The molecule has 0 aliphatic carbocycles. The average Bonchev–Trinajstić information content (AvgIpc) is 2.91. The van der Waals surface area contributed by atoms with Crippen molar-refractivity contribution in [3.63, 3.8) is 0 Å². The lowest BCUT2D eigenvalue weighted by molar-refractivity contribution is -0.131. The monoisotopic (exact) mass is 387 g/mol. The Kier molecular flexibility index (Phi) is 5.54. The third-order valence-corrected chi connectivity index (χ3v) is 4.80. The Balaban J connectivity index is 1.73. The minimum atomic E-state index is -1.38. The molecule has 0 bridgehead atoms. The van der Waals surface area contributed by atoms with Crippen LogP contribution < -0.4 is 10.1 Å². The van der Waals surface area contributed by atoms with E-state index in [9.17, 15) is 14.0 Å². The third kappa shape index (κ3) is 4.40. The average molecular weight is 387 g/mol. The number of ether oxygens (including phenoxy) is 1. The number of aromatic nitrogens is 1. The van der Waals surface area contributed by atoms with Gasteiger partial charge >= 0.3 is 0 Å². The largest absolute Gasteiger partial charge is 0.491 e. The first-order valence-corrected chi connectivity index (χ1v) is 9.48. The molecular weight excluding hydrogens is 361 g/mol. The number of rotatable bonds is 5.